The molecule has 8 N–H and O–H groups in total. The van der Waals surface area contributed by atoms with E-state index in [-0.39, 0.29) is 31.9 Å². The van der Waals surface area contributed by atoms with E-state index in [1.165, 1.54) is 11.9 Å². The van der Waals surface area contributed by atoms with Gasteiger partial charge in [-0.2, -0.15) is 0 Å². The van der Waals surface area contributed by atoms with E-state index < -0.39 is 24.1 Å². The molecule has 0 aliphatic carbocycles. The molecule has 110 valence electrons. The lowest BCUT2D eigenvalue weighted by Crippen LogP contribution is -2.40. The predicted molar refractivity (Wildman–Crippen MR) is 68.3 cm³/mol. The lowest BCUT2D eigenvalue weighted by molar-refractivity contribution is -0.149. The molecule has 1 unspecified atom stereocenters. The number of carboxylic acids is 1. The normalized spacial score (nSPS) is 13.4. The van der Waals surface area contributed by atoms with Gasteiger partial charge in [0.05, 0.1) is 0 Å². The van der Waals surface area contributed by atoms with E-state index in [2.05, 4.69) is 0 Å². The highest BCUT2D eigenvalue weighted by Gasteiger charge is 2.18. The molecule has 0 saturated carbocycles. The number of guanidine groups is 1. The van der Waals surface area contributed by atoms with Gasteiger partial charge in [-0.3, -0.25) is 15.0 Å². The van der Waals surface area contributed by atoms with Crippen LogP contribution in [0.15, 0.2) is 0 Å². The van der Waals surface area contributed by atoms with Gasteiger partial charge in [0.15, 0.2) is 5.96 Å². The number of aliphatic carboxylic acids is 1. The Labute approximate surface area is 111 Å². The third kappa shape index (κ3) is 7.21. The molecule has 19 heavy (non-hydrogen) atoms. The Morgan fingerprint density at radius 1 is 1.42 bits per heavy atom. The summed E-state index contributed by atoms with van der Waals surface area (Å²) in [5.41, 5.74) is 15.9. The summed E-state index contributed by atoms with van der Waals surface area (Å²) < 4.78 is 5.04. The van der Waals surface area contributed by atoms with Crippen LogP contribution in [0.1, 0.15) is 12.8 Å². The highest BCUT2D eigenvalue weighted by molar-refractivity contribution is 5.81. The Morgan fingerprint density at radius 2 is 2.00 bits per heavy atom. The molecule has 9 nitrogen and oxygen atoms in total. The molecular formula is C10H21N5O4. The van der Waals surface area contributed by atoms with E-state index in [9.17, 15) is 9.59 Å². The third-order valence-corrected chi connectivity index (χ3v) is 2.46. The predicted octanol–water partition coefficient (Wildman–Crippen LogP) is -2.13. The van der Waals surface area contributed by atoms with Crippen LogP contribution >= 0.6 is 0 Å². The Kier molecular flexibility index (Phi) is 7.46. The molecule has 0 heterocycles. The maximum atomic E-state index is 11.5. The molecule has 0 aromatic heterocycles. The van der Waals surface area contributed by atoms with Gasteiger partial charge in [-0.25, -0.2) is 0 Å². The number of rotatable bonds is 8. The molecule has 0 spiro atoms. The largest absolute Gasteiger partial charge is 0.480 e. The van der Waals surface area contributed by atoms with Crippen molar-refractivity contribution in [1.29, 1.82) is 5.41 Å². The van der Waals surface area contributed by atoms with Gasteiger partial charge in [-0.15, -0.1) is 0 Å². The second-order valence-electron chi connectivity index (χ2n) is 4.11. The molecule has 0 aliphatic heterocycles. The summed E-state index contributed by atoms with van der Waals surface area (Å²) in [5, 5.41) is 15.7. The first kappa shape index (κ1) is 17.1. The van der Waals surface area contributed by atoms with Gasteiger partial charge in [-0.1, -0.05) is 0 Å². The zero-order chi connectivity index (χ0) is 15.0. The van der Waals surface area contributed by atoms with Crippen molar-refractivity contribution in [2.75, 3.05) is 20.1 Å². The fourth-order valence-electron chi connectivity index (χ4n) is 1.22. The molecule has 0 fully saturated rings. The molecule has 0 aromatic rings. The number of nitrogens with zero attached hydrogens (tertiary/aromatic N) is 1. The van der Waals surface area contributed by atoms with Crippen molar-refractivity contribution >= 4 is 17.9 Å². The number of ether oxygens (including phenoxy) is 1. The van der Waals surface area contributed by atoms with Gasteiger partial charge in [0.1, 0.15) is 18.7 Å². The molecule has 0 bridgehead atoms. The van der Waals surface area contributed by atoms with Gasteiger partial charge >= 0.3 is 11.9 Å². The highest BCUT2D eigenvalue weighted by atomic mass is 16.5. The number of carbonyl (C=O) groups excluding carboxylic acids is 1. The maximum Gasteiger partial charge on any atom is 0.325 e. The second-order valence-corrected chi connectivity index (χ2v) is 4.11. The number of esters is 1. The Hall–Kier alpha value is -1.87. The van der Waals surface area contributed by atoms with E-state index >= 15 is 0 Å². The molecule has 9 heteroatoms. The van der Waals surface area contributed by atoms with Crippen LogP contribution in [-0.2, 0) is 14.3 Å². The monoisotopic (exact) mass is 275 g/mol. The summed E-state index contributed by atoms with van der Waals surface area (Å²) >= 11 is 0. The fourth-order valence-corrected chi connectivity index (χ4v) is 1.22. The summed E-state index contributed by atoms with van der Waals surface area (Å²) in [4.78, 5) is 23.2. The summed E-state index contributed by atoms with van der Waals surface area (Å²) in [7, 11) is 1.47. The van der Waals surface area contributed by atoms with E-state index in [1.807, 2.05) is 0 Å². The zero-order valence-electron chi connectivity index (χ0n) is 10.8. The van der Waals surface area contributed by atoms with Crippen LogP contribution in [0.2, 0.25) is 0 Å². The standard InChI is InChI=1S/C10H21N5O4/c1-15(10(13)14)5-8(16)19-6(4-11)2-3-7(12)9(17)18/h6-7H,2-5,11-12H2,1H3,(H3,13,14)(H,17,18)/t6?,7-/m0/s1. The minimum Gasteiger partial charge on any atom is -0.480 e. The third-order valence-electron chi connectivity index (χ3n) is 2.46. The number of carbonyl (C=O) groups is 2. The van der Waals surface area contributed by atoms with Crippen LogP contribution < -0.4 is 17.2 Å². The van der Waals surface area contributed by atoms with Crippen molar-refractivity contribution in [2.45, 2.75) is 25.0 Å². The molecule has 0 radical (unpaired) electrons. The quantitative estimate of drug-likeness (QED) is 0.190. The maximum absolute atomic E-state index is 11.5. The van der Waals surface area contributed by atoms with Gasteiger partial charge in [-0.05, 0) is 12.8 Å². The molecular weight excluding hydrogens is 254 g/mol. The van der Waals surface area contributed by atoms with Crippen LogP contribution in [-0.4, -0.2) is 60.2 Å². The Balaban J connectivity index is 4.14. The lowest BCUT2D eigenvalue weighted by Gasteiger charge is -2.20. The van der Waals surface area contributed by atoms with E-state index in [0.29, 0.717) is 0 Å². The van der Waals surface area contributed by atoms with Crippen molar-refractivity contribution in [3.8, 4) is 0 Å². The van der Waals surface area contributed by atoms with Crippen molar-refractivity contribution in [3.05, 3.63) is 0 Å². The minimum atomic E-state index is -1.11. The van der Waals surface area contributed by atoms with Crippen LogP contribution in [0.3, 0.4) is 0 Å². The van der Waals surface area contributed by atoms with Gasteiger partial charge in [0, 0.05) is 13.6 Å². The minimum absolute atomic E-state index is 0.0713. The van der Waals surface area contributed by atoms with E-state index in [1.54, 1.807) is 0 Å². The number of nitrogens with one attached hydrogen (secondary N) is 1. The summed E-state index contributed by atoms with van der Waals surface area (Å²) in [5.74, 6) is -1.95. The van der Waals surface area contributed by atoms with Crippen molar-refractivity contribution < 1.29 is 19.4 Å². The first-order chi connectivity index (χ1) is 8.77. The van der Waals surface area contributed by atoms with Crippen LogP contribution in [0.25, 0.3) is 0 Å². The molecule has 0 amide bonds. The van der Waals surface area contributed by atoms with Gasteiger partial charge in [0.2, 0.25) is 0 Å². The van der Waals surface area contributed by atoms with Gasteiger partial charge < -0.3 is 31.9 Å². The number of hydrogen-bond donors (Lipinski definition) is 5. The lowest BCUT2D eigenvalue weighted by atomic mass is 10.1. The second kappa shape index (κ2) is 8.27. The smallest absolute Gasteiger partial charge is 0.325 e. The molecule has 2 atom stereocenters. The number of carboxylic acid groups (broad SMARTS) is 1. The first-order valence-corrected chi connectivity index (χ1v) is 5.71. The van der Waals surface area contributed by atoms with Gasteiger partial charge in [0.25, 0.3) is 0 Å². The number of hydrogen-bond acceptors (Lipinski definition) is 6. The summed E-state index contributed by atoms with van der Waals surface area (Å²) in [6.07, 6.45) is -0.176. The van der Waals surface area contributed by atoms with E-state index in [0.717, 1.165) is 0 Å². The molecule has 0 aromatic carbocycles. The van der Waals surface area contributed by atoms with Crippen LogP contribution in [0.5, 0.6) is 0 Å². The van der Waals surface area contributed by atoms with Crippen LogP contribution in [0.4, 0.5) is 0 Å². The Morgan fingerprint density at radius 3 is 2.42 bits per heavy atom. The molecule has 0 aliphatic rings. The number of likely N-dealkylation sites (N-methyl/N-ethyl adjacent to an activating group) is 1. The topological polar surface area (TPSA) is 169 Å². The summed E-state index contributed by atoms with van der Waals surface area (Å²) in [6.45, 7) is -0.0985. The van der Waals surface area contributed by atoms with Crippen molar-refractivity contribution in [2.24, 2.45) is 17.2 Å². The average Bonchev–Trinajstić information content (AvgIpc) is 2.33. The van der Waals surface area contributed by atoms with Crippen LogP contribution in [0, 0.1) is 5.41 Å². The molecule has 0 rings (SSSR count). The van der Waals surface area contributed by atoms with E-state index in [4.69, 9.17) is 32.5 Å². The summed E-state index contributed by atoms with van der Waals surface area (Å²) in [6, 6.07) is -1.01. The van der Waals surface area contributed by atoms with Crippen molar-refractivity contribution in [1.82, 2.24) is 4.90 Å². The zero-order valence-corrected chi connectivity index (χ0v) is 10.8. The SMILES string of the molecule is CN(CC(=O)OC(CN)CC[C@H](N)C(=O)O)C(=N)N. The van der Waals surface area contributed by atoms with Crippen molar-refractivity contribution in [3.63, 3.8) is 0 Å². The first-order valence-electron chi connectivity index (χ1n) is 5.71. The fraction of sp³-hybridized carbons (Fsp3) is 0.700. The average molecular weight is 275 g/mol. The highest BCUT2D eigenvalue weighted by Crippen LogP contribution is 2.04. The molecule has 0 saturated heterocycles. The Bertz CT molecular complexity index is 336. The number of nitrogens with two attached hydrogens (primary N) is 3.